The lowest BCUT2D eigenvalue weighted by Gasteiger charge is -2.31. The Balaban J connectivity index is 1.63. The number of aryl methyl sites for hydroxylation is 2. The summed E-state index contributed by atoms with van der Waals surface area (Å²) in [6, 6.07) is 24.6. The summed E-state index contributed by atoms with van der Waals surface area (Å²) in [7, 11) is 0. The van der Waals surface area contributed by atoms with Crippen molar-refractivity contribution < 1.29 is 9.18 Å². The largest absolute Gasteiger partial charge is 0.322 e. The molecule has 0 fully saturated rings. The molecular formula is C27H24FN3O. The number of hydrogen-bond donors (Lipinski definition) is 1. The summed E-state index contributed by atoms with van der Waals surface area (Å²) in [5, 5.41) is 2.91. The Morgan fingerprint density at radius 3 is 2.62 bits per heavy atom. The summed E-state index contributed by atoms with van der Waals surface area (Å²) in [6.07, 6.45) is 2.04. The number of hydrogen-bond acceptors (Lipinski definition) is 1. The molecule has 0 saturated carbocycles. The molecule has 0 aliphatic carbocycles. The number of amides is 2. The van der Waals surface area contributed by atoms with Crippen LogP contribution in [0, 0.1) is 19.7 Å². The number of carbonyl (C=O) groups excluding carboxylic acids is 1. The van der Waals surface area contributed by atoms with Crippen LogP contribution in [-0.4, -0.2) is 15.5 Å². The molecule has 5 heteroatoms. The summed E-state index contributed by atoms with van der Waals surface area (Å²) >= 11 is 0. The van der Waals surface area contributed by atoms with Gasteiger partial charge in [-0.1, -0.05) is 54.1 Å². The van der Waals surface area contributed by atoms with Gasteiger partial charge in [0.25, 0.3) is 0 Å². The molecule has 2 amide bonds. The van der Waals surface area contributed by atoms with Gasteiger partial charge in [-0.3, -0.25) is 0 Å². The highest BCUT2D eigenvalue weighted by molar-refractivity contribution is 5.90. The molecule has 5 rings (SSSR count). The molecule has 160 valence electrons. The van der Waals surface area contributed by atoms with Crippen LogP contribution in [0.2, 0.25) is 0 Å². The molecule has 1 aliphatic rings. The van der Waals surface area contributed by atoms with Crippen molar-refractivity contribution in [2.75, 3.05) is 5.32 Å². The number of para-hydroxylation sites is 1. The number of anilines is 1. The molecule has 0 saturated heterocycles. The van der Waals surface area contributed by atoms with Gasteiger partial charge in [-0.05, 0) is 60.9 Å². The van der Waals surface area contributed by atoms with E-state index in [9.17, 15) is 9.18 Å². The number of urea groups is 1. The standard InChI is InChI=1S/C27H24FN3O/c1-18-7-5-9-20(15-18)26-25-11-6-14-30(25)24-10-4-3-8-21(24)17-31(26)27(32)29-22-13-12-19(2)23(28)16-22/h3-16,26H,17H2,1-2H3,(H,29,32)/t26-/m0/s1. The highest BCUT2D eigenvalue weighted by Crippen LogP contribution is 2.37. The van der Waals surface area contributed by atoms with E-state index in [4.69, 9.17) is 0 Å². The molecule has 4 nitrogen and oxygen atoms in total. The van der Waals surface area contributed by atoms with Crippen molar-refractivity contribution in [1.29, 1.82) is 0 Å². The van der Waals surface area contributed by atoms with Crippen molar-refractivity contribution in [3.05, 3.63) is 119 Å². The smallest absolute Gasteiger partial charge is 0.318 e. The number of nitrogens with one attached hydrogen (secondary N) is 1. The third-order valence-corrected chi connectivity index (χ3v) is 6.01. The van der Waals surface area contributed by atoms with Gasteiger partial charge in [0.05, 0.1) is 18.3 Å². The molecular weight excluding hydrogens is 401 g/mol. The fourth-order valence-electron chi connectivity index (χ4n) is 4.40. The zero-order chi connectivity index (χ0) is 22.2. The van der Waals surface area contributed by atoms with Crippen molar-refractivity contribution in [1.82, 2.24) is 9.47 Å². The molecule has 0 spiro atoms. The molecule has 1 aromatic heterocycles. The van der Waals surface area contributed by atoms with Crippen LogP contribution in [0.3, 0.4) is 0 Å². The Kier molecular flexibility index (Phi) is 5.02. The third-order valence-electron chi connectivity index (χ3n) is 6.01. The van der Waals surface area contributed by atoms with E-state index in [1.165, 1.54) is 6.07 Å². The first kappa shape index (κ1) is 20.1. The first-order chi connectivity index (χ1) is 15.5. The summed E-state index contributed by atoms with van der Waals surface area (Å²) < 4.78 is 16.3. The Bertz CT molecular complexity index is 1310. The second kappa shape index (κ2) is 8.00. The van der Waals surface area contributed by atoms with Crippen molar-refractivity contribution in [3.8, 4) is 5.69 Å². The van der Waals surface area contributed by atoms with E-state index >= 15 is 0 Å². The van der Waals surface area contributed by atoms with E-state index in [2.05, 4.69) is 34.1 Å². The monoisotopic (exact) mass is 425 g/mol. The highest BCUT2D eigenvalue weighted by atomic mass is 19.1. The Morgan fingerprint density at radius 1 is 0.969 bits per heavy atom. The van der Waals surface area contributed by atoms with Gasteiger partial charge in [-0.25, -0.2) is 9.18 Å². The summed E-state index contributed by atoms with van der Waals surface area (Å²) in [5.74, 6) is -0.340. The van der Waals surface area contributed by atoms with E-state index in [0.717, 1.165) is 28.1 Å². The van der Waals surface area contributed by atoms with Gasteiger partial charge in [0.15, 0.2) is 0 Å². The minimum atomic E-state index is -0.340. The third kappa shape index (κ3) is 3.56. The van der Waals surface area contributed by atoms with Crippen LogP contribution in [0.5, 0.6) is 0 Å². The van der Waals surface area contributed by atoms with Crippen molar-refractivity contribution in [2.24, 2.45) is 0 Å². The van der Waals surface area contributed by atoms with Gasteiger partial charge >= 0.3 is 6.03 Å². The molecule has 0 bridgehead atoms. The molecule has 4 aromatic rings. The van der Waals surface area contributed by atoms with Crippen LogP contribution in [0.4, 0.5) is 14.9 Å². The van der Waals surface area contributed by atoms with Crippen LogP contribution in [0.1, 0.15) is 34.0 Å². The maximum atomic E-state index is 14.1. The molecule has 3 aromatic carbocycles. The molecule has 2 heterocycles. The lowest BCUT2D eigenvalue weighted by atomic mass is 10.00. The SMILES string of the molecule is Cc1cccc([C@H]2c3cccn3-c3ccccc3CN2C(=O)Nc2ccc(C)c(F)c2)c1. The van der Waals surface area contributed by atoms with E-state index in [1.807, 2.05) is 54.4 Å². The van der Waals surface area contributed by atoms with Crippen LogP contribution in [-0.2, 0) is 6.54 Å². The molecule has 1 atom stereocenters. The lowest BCUT2D eigenvalue weighted by Crippen LogP contribution is -2.38. The molecule has 1 N–H and O–H groups in total. The minimum Gasteiger partial charge on any atom is -0.318 e. The van der Waals surface area contributed by atoms with E-state index in [1.54, 1.807) is 19.1 Å². The van der Waals surface area contributed by atoms with Crippen LogP contribution < -0.4 is 5.32 Å². The fourth-order valence-corrected chi connectivity index (χ4v) is 4.40. The number of aromatic nitrogens is 1. The zero-order valence-electron chi connectivity index (χ0n) is 18.0. The van der Waals surface area contributed by atoms with Gasteiger partial charge in [-0.2, -0.15) is 0 Å². The van der Waals surface area contributed by atoms with Crippen LogP contribution in [0.25, 0.3) is 5.69 Å². The zero-order valence-corrected chi connectivity index (χ0v) is 18.0. The van der Waals surface area contributed by atoms with Crippen LogP contribution >= 0.6 is 0 Å². The van der Waals surface area contributed by atoms with Gasteiger partial charge in [0, 0.05) is 17.6 Å². The average molecular weight is 426 g/mol. The summed E-state index contributed by atoms with van der Waals surface area (Å²) in [4.78, 5) is 15.4. The maximum absolute atomic E-state index is 14.1. The van der Waals surface area contributed by atoms with Gasteiger partial charge in [-0.15, -0.1) is 0 Å². The molecule has 0 unspecified atom stereocenters. The molecule has 32 heavy (non-hydrogen) atoms. The fraction of sp³-hybridized carbons (Fsp3) is 0.148. The highest BCUT2D eigenvalue weighted by Gasteiger charge is 2.33. The molecule has 0 radical (unpaired) electrons. The predicted octanol–water partition coefficient (Wildman–Crippen LogP) is 6.37. The van der Waals surface area contributed by atoms with Crippen molar-refractivity contribution in [3.63, 3.8) is 0 Å². The second-order valence-corrected chi connectivity index (χ2v) is 8.27. The van der Waals surface area contributed by atoms with Crippen LogP contribution in [0.15, 0.2) is 85.1 Å². The van der Waals surface area contributed by atoms with E-state index in [-0.39, 0.29) is 17.9 Å². The number of rotatable bonds is 2. The number of benzene rings is 3. The molecule has 1 aliphatic heterocycles. The number of fused-ring (bicyclic) bond motifs is 3. The second-order valence-electron chi connectivity index (χ2n) is 8.27. The van der Waals surface area contributed by atoms with Gasteiger partial charge in [0.2, 0.25) is 0 Å². The topological polar surface area (TPSA) is 37.3 Å². The number of carbonyl (C=O) groups is 1. The van der Waals surface area contributed by atoms with Crippen molar-refractivity contribution in [2.45, 2.75) is 26.4 Å². The summed E-state index contributed by atoms with van der Waals surface area (Å²) in [6.45, 7) is 4.18. The number of halogens is 1. The Morgan fingerprint density at radius 2 is 1.81 bits per heavy atom. The first-order valence-corrected chi connectivity index (χ1v) is 10.7. The van der Waals surface area contributed by atoms with Gasteiger partial charge < -0.3 is 14.8 Å². The quantitative estimate of drug-likeness (QED) is 0.398. The normalized spacial score (nSPS) is 15.0. The minimum absolute atomic E-state index is 0.274. The van der Waals surface area contributed by atoms with E-state index < -0.39 is 0 Å². The summed E-state index contributed by atoms with van der Waals surface area (Å²) in [5.41, 5.74) is 6.25. The van der Waals surface area contributed by atoms with Gasteiger partial charge in [0.1, 0.15) is 5.82 Å². The number of nitrogens with zero attached hydrogens (tertiary/aromatic N) is 2. The maximum Gasteiger partial charge on any atom is 0.322 e. The lowest BCUT2D eigenvalue weighted by molar-refractivity contribution is 0.194. The Labute approximate surface area is 186 Å². The van der Waals surface area contributed by atoms with E-state index in [0.29, 0.717) is 17.8 Å². The average Bonchev–Trinajstić information content (AvgIpc) is 3.20. The Hall–Kier alpha value is -3.86. The predicted molar refractivity (Wildman–Crippen MR) is 124 cm³/mol. The van der Waals surface area contributed by atoms with Crippen molar-refractivity contribution >= 4 is 11.7 Å². The first-order valence-electron chi connectivity index (χ1n) is 10.7.